The van der Waals surface area contributed by atoms with E-state index in [0.29, 0.717) is 29.6 Å². The molecule has 38 heavy (non-hydrogen) atoms. The van der Waals surface area contributed by atoms with Gasteiger partial charge in [-0.1, -0.05) is 57.2 Å². The third kappa shape index (κ3) is 5.67. The van der Waals surface area contributed by atoms with Crippen LogP contribution < -0.4 is 9.62 Å². The highest BCUT2D eigenvalue weighted by atomic mass is 32.2. The first-order valence-electron chi connectivity index (χ1n) is 13.0. The van der Waals surface area contributed by atoms with Crippen LogP contribution in [0.15, 0.2) is 65.6 Å². The SMILES string of the molecule is CCC(C(=O)NCC(C)C)N(Cc1ccc(F)cc1)C(=O)CCCN1c2cccc3cccc(c23)S1(=O)=O. The molecular formula is C29H34FN3O4S. The van der Waals surface area contributed by atoms with E-state index in [1.165, 1.54) is 21.3 Å². The molecule has 3 aromatic rings. The maximum Gasteiger partial charge on any atom is 0.265 e. The van der Waals surface area contributed by atoms with Gasteiger partial charge < -0.3 is 10.2 Å². The molecule has 4 rings (SSSR count). The lowest BCUT2D eigenvalue weighted by molar-refractivity contribution is -0.141. The molecule has 0 fully saturated rings. The summed E-state index contributed by atoms with van der Waals surface area (Å²) in [4.78, 5) is 28.3. The first-order chi connectivity index (χ1) is 18.1. The van der Waals surface area contributed by atoms with Crippen LogP contribution in [-0.4, -0.2) is 44.3 Å². The minimum atomic E-state index is -3.71. The van der Waals surface area contributed by atoms with Gasteiger partial charge in [0.05, 0.1) is 10.6 Å². The molecule has 1 aliphatic heterocycles. The Morgan fingerprint density at radius 3 is 2.37 bits per heavy atom. The van der Waals surface area contributed by atoms with E-state index in [9.17, 15) is 22.4 Å². The van der Waals surface area contributed by atoms with Gasteiger partial charge >= 0.3 is 0 Å². The normalized spacial score (nSPS) is 14.6. The highest BCUT2D eigenvalue weighted by molar-refractivity contribution is 7.93. The van der Waals surface area contributed by atoms with Crippen molar-refractivity contribution < 1.29 is 22.4 Å². The molecule has 1 heterocycles. The van der Waals surface area contributed by atoms with E-state index in [0.717, 1.165) is 5.39 Å². The standard InChI is InChI=1S/C29H34FN3O4S/c1-4-24(29(35)31-18-20(2)3)32(19-21-13-15-23(30)16-14-21)27(34)12-7-17-33-25-10-5-8-22-9-6-11-26(28(22)25)38(33,36)37/h5-6,8-11,13-16,20,24H,4,7,12,17-19H2,1-3H3,(H,31,35). The molecule has 0 spiro atoms. The average Bonchev–Trinajstić information content (AvgIpc) is 3.11. The number of amides is 2. The Morgan fingerprint density at radius 2 is 1.71 bits per heavy atom. The Kier molecular flexibility index (Phi) is 8.35. The third-order valence-electron chi connectivity index (χ3n) is 6.77. The summed E-state index contributed by atoms with van der Waals surface area (Å²) in [6, 6.07) is 15.9. The molecule has 1 N–H and O–H groups in total. The molecule has 0 saturated heterocycles. The summed E-state index contributed by atoms with van der Waals surface area (Å²) < 4.78 is 41.4. The number of hydrogen-bond donors (Lipinski definition) is 1. The Morgan fingerprint density at radius 1 is 1.03 bits per heavy atom. The predicted octanol–water partition coefficient (Wildman–Crippen LogP) is 4.85. The summed E-state index contributed by atoms with van der Waals surface area (Å²) in [5, 5.41) is 4.47. The molecule has 1 unspecified atom stereocenters. The van der Waals surface area contributed by atoms with Gasteiger partial charge in [-0.3, -0.25) is 13.9 Å². The number of sulfonamides is 1. The highest BCUT2D eigenvalue weighted by Crippen LogP contribution is 2.42. The van der Waals surface area contributed by atoms with Crippen molar-refractivity contribution in [2.75, 3.05) is 17.4 Å². The van der Waals surface area contributed by atoms with Crippen LogP contribution in [0.1, 0.15) is 45.6 Å². The molecular weight excluding hydrogens is 505 g/mol. The quantitative estimate of drug-likeness (QED) is 0.378. The van der Waals surface area contributed by atoms with Crippen molar-refractivity contribution in [1.82, 2.24) is 10.2 Å². The zero-order chi connectivity index (χ0) is 27.4. The minimum absolute atomic E-state index is 0.0630. The molecule has 1 aliphatic rings. The zero-order valence-electron chi connectivity index (χ0n) is 22.0. The number of rotatable bonds is 11. The molecule has 2 amide bonds. The predicted molar refractivity (Wildman–Crippen MR) is 147 cm³/mol. The van der Waals surface area contributed by atoms with Gasteiger partial charge in [-0.15, -0.1) is 0 Å². The minimum Gasteiger partial charge on any atom is -0.354 e. The number of hydrogen-bond acceptors (Lipinski definition) is 4. The number of nitrogens with zero attached hydrogens (tertiary/aromatic N) is 2. The van der Waals surface area contributed by atoms with Gasteiger partial charge in [-0.25, -0.2) is 12.8 Å². The second-order valence-corrected chi connectivity index (χ2v) is 11.9. The Hall–Kier alpha value is -3.46. The topological polar surface area (TPSA) is 86.8 Å². The zero-order valence-corrected chi connectivity index (χ0v) is 22.8. The molecule has 9 heteroatoms. The summed E-state index contributed by atoms with van der Waals surface area (Å²) in [5.74, 6) is -0.612. The molecule has 0 bridgehead atoms. The van der Waals surface area contributed by atoms with E-state index in [1.807, 2.05) is 39.0 Å². The maximum absolute atomic E-state index is 13.5. The molecule has 3 aromatic carbocycles. The van der Waals surface area contributed by atoms with Crippen LogP contribution in [0.2, 0.25) is 0 Å². The van der Waals surface area contributed by atoms with Gasteiger partial charge in [0, 0.05) is 31.4 Å². The van der Waals surface area contributed by atoms with Crippen molar-refractivity contribution >= 4 is 38.3 Å². The largest absolute Gasteiger partial charge is 0.354 e. The van der Waals surface area contributed by atoms with E-state index < -0.39 is 16.1 Å². The van der Waals surface area contributed by atoms with E-state index in [-0.39, 0.29) is 54.4 Å². The van der Waals surface area contributed by atoms with Crippen molar-refractivity contribution in [2.24, 2.45) is 5.92 Å². The van der Waals surface area contributed by atoms with E-state index >= 15 is 0 Å². The van der Waals surface area contributed by atoms with Crippen molar-refractivity contribution in [2.45, 2.75) is 57.5 Å². The first-order valence-corrected chi connectivity index (χ1v) is 14.4. The monoisotopic (exact) mass is 539 g/mol. The molecule has 202 valence electrons. The summed E-state index contributed by atoms with van der Waals surface area (Å²) in [6.07, 6.45) is 0.759. The number of benzene rings is 3. The molecule has 0 saturated carbocycles. The Balaban J connectivity index is 1.51. The van der Waals surface area contributed by atoms with E-state index in [2.05, 4.69) is 5.32 Å². The number of halogens is 1. The van der Waals surface area contributed by atoms with Crippen LogP contribution in [0.4, 0.5) is 10.1 Å². The Labute approximate surface area is 223 Å². The third-order valence-corrected chi connectivity index (χ3v) is 8.63. The van der Waals surface area contributed by atoms with Gasteiger partial charge in [-0.2, -0.15) is 0 Å². The van der Waals surface area contributed by atoms with Crippen molar-refractivity contribution in [3.05, 3.63) is 72.0 Å². The molecule has 0 aromatic heterocycles. The van der Waals surface area contributed by atoms with Gasteiger partial charge in [0.2, 0.25) is 11.8 Å². The van der Waals surface area contributed by atoms with Gasteiger partial charge in [-0.05, 0) is 54.0 Å². The molecule has 0 radical (unpaired) electrons. The number of carbonyl (C=O) groups is 2. The number of nitrogens with one attached hydrogen (secondary N) is 1. The van der Waals surface area contributed by atoms with Crippen LogP contribution in [0, 0.1) is 11.7 Å². The summed E-state index contributed by atoms with van der Waals surface area (Å²) in [7, 11) is -3.71. The lowest BCUT2D eigenvalue weighted by atomic mass is 10.1. The van der Waals surface area contributed by atoms with Crippen LogP contribution in [0.5, 0.6) is 0 Å². The van der Waals surface area contributed by atoms with Gasteiger partial charge in [0.1, 0.15) is 11.9 Å². The van der Waals surface area contributed by atoms with Crippen LogP contribution in [-0.2, 0) is 26.2 Å². The summed E-state index contributed by atoms with van der Waals surface area (Å²) in [6.45, 7) is 6.62. The van der Waals surface area contributed by atoms with Crippen molar-refractivity contribution in [3.63, 3.8) is 0 Å². The lowest BCUT2D eigenvalue weighted by Gasteiger charge is -2.31. The fourth-order valence-electron chi connectivity index (χ4n) is 4.85. The molecule has 0 aliphatic carbocycles. The van der Waals surface area contributed by atoms with Gasteiger partial charge in [0.25, 0.3) is 10.0 Å². The smallest absolute Gasteiger partial charge is 0.265 e. The van der Waals surface area contributed by atoms with Crippen LogP contribution in [0.25, 0.3) is 10.8 Å². The van der Waals surface area contributed by atoms with Crippen molar-refractivity contribution in [1.29, 1.82) is 0 Å². The molecule has 7 nitrogen and oxygen atoms in total. The van der Waals surface area contributed by atoms with E-state index in [4.69, 9.17) is 0 Å². The second kappa shape index (κ2) is 11.5. The lowest BCUT2D eigenvalue weighted by Crippen LogP contribution is -2.49. The second-order valence-electron chi connectivity index (χ2n) is 10.0. The number of carbonyl (C=O) groups excluding carboxylic acids is 2. The molecule has 1 atom stereocenters. The van der Waals surface area contributed by atoms with Gasteiger partial charge in [0.15, 0.2) is 0 Å². The van der Waals surface area contributed by atoms with Crippen LogP contribution in [0.3, 0.4) is 0 Å². The van der Waals surface area contributed by atoms with Crippen LogP contribution >= 0.6 is 0 Å². The maximum atomic E-state index is 13.5. The summed E-state index contributed by atoms with van der Waals surface area (Å²) >= 11 is 0. The highest BCUT2D eigenvalue weighted by Gasteiger charge is 2.35. The van der Waals surface area contributed by atoms with E-state index in [1.54, 1.807) is 30.3 Å². The Bertz CT molecular complexity index is 1420. The fraction of sp³-hybridized carbons (Fsp3) is 0.379. The number of anilines is 1. The van der Waals surface area contributed by atoms with Crippen molar-refractivity contribution in [3.8, 4) is 0 Å². The average molecular weight is 540 g/mol. The first kappa shape index (κ1) is 27.6. The summed E-state index contributed by atoms with van der Waals surface area (Å²) in [5.41, 5.74) is 1.33. The fourth-order valence-corrected chi connectivity index (χ4v) is 6.59.